The molecule has 0 aliphatic carbocycles. The number of amides is 4. The zero-order valence-electron chi connectivity index (χ0n) is 22.6. The van der Waals surface area contributed by atoms with E-state index in [9.17, 15) is 24.0 Å². The zero-order valence-corrected chi connectivity index (χ0v) is 23.4. The number of thioether (sulfide) groups is 1. The largest absolute Gasteiger partial charge is 0.350 e. The first-order valence-corrected chi connectivity index (χ1v) is 14.1. The molecule has 0 aliphatic rings. The summed E-state index contributed by atoms with van der Waals surface area (Å²) < 4.78 is 0. The number of benzene rings is 2. The summed E-state index contributed by atoms with van der Waals surface area (Å²) in [7, 11) is 1.68. The topological polar surface area (TPSA) is 125 Å². The fourth-order valence-corrected chi connectivity index (χ4v) is 4.99. The number of rotatable bonds is 17. The van der Waals surface area contributed by atoms with E-state index in [-0.39, 0.29) is 35.8 Å². The summed E-state index contributed by atoms with van der Waals surface area (Å²) in [5.74, 6) is -0.823. The lowest BCUT2D eigenvalue weighted by atomic mass is 10.1. The maximum atomic E-state index is 13.0. The highest BCUT2D eigenvalue weighted by molar-refractivity contribution is 8.00. The molecular formula is C29H38N4O5S. The van der Waals surface area contributed by atoms with Gasteiger partial charge >= 0.3 is 0 Å². The molecular weight excluding hydrogens is 516 g/mol. The highest BCUT2D eigenvalue weighted by atomic mass is 32.2. The van der Waals surface area contributed by atoms with Gasteiger partial charge in [0.05, 0.1) is 5.25 Å². The second-order valence-electron chi connectivity index (χ2n) is 9.17. The lowest BCUT2D eigenvalue weighted by molar-refractivity contribution is -0.130. The number of nitrogens with one attached hydrogen (secondary N) is 3. The van der Waals surface area contributed by atoms with Crippen LogP contribution in [0.5, 0.6) is 0 Å². The van der Waals surface area contributed by atoms with Crippen LogP contribution < -0.4 is 16.0 Å². The van der Waals surface area contributed by atoms with Crippen molar-refractivity contribution in [2.45, 2.75) is 56.9 Å². The van der Waals surface area contributed by atoms with E-state index in [0.29, 0.717) is 32.2 Å². The second kappa shape index (κ2) is 17.8. The molecule has 210 valence electrons. The van der Waals surface area contributed by atoms with Gasteiger partial charge in [0.2, 0.25) is 23.6 Å². The quantitative estimate of drug-likeness (QED) is 0.204. The van der Waals surface area contributed by atoms with E-state index in [1.807, 2.05) is 60.7 Å². The van der Waals surface area contributed by atoms with Crippen molar-refractivity contribution in [3.8, 4) is 0 Å². The highest BCUT2D eigenvalue weighted by Crippen LogP contribution is 2.18. The number of para-hydroxylation sites is 1. The Hall–Kier alpha value is -3.66. The maximum Gasteiger partial charge on any atom is 0.243 e. The number of hydrogen-bond donors (Lipinski definition) is 3. The van der Waals surface area contributed by atoms with E-state index in [1.165, 1.54) is 18.7 Å². The predicted octanol–water partition coefficient (Wildman–Crippen LogP) is 3.16. The Balaban J connectivity index is 1.78. The van der Waals surface area contributed by atoms with Crippen molar-refractivity contribution in [1.29, 1.82) is 0 Å². The molecule has 2 atom stereocenters. The number of unbranched alkanes of at least 4 members (excludes halogenated alkanes) is 2. The Labute approximate surface area is 234 Å². The number of aldehydes is 1. The van der Waals surface area contributed by atoms with E-state index in [2.05, 4.69) is 16.0 Å². The standard InChI is InChI=1S/C29H38N4O5S/c1-22(35)31-25(28(37)30-20-23-12-6-3-7-13-23)21-39-26(17-19-34)29(38)33(2)18-11-5-10-16-27(36)32-24-14-8-4-9-15-24/h3-4,6-9,12-15,19,25-26H,5,10-11,16-18,20-21H2,1-2H3,(H,30,37)(H,31,35)(H,32,36). The van der Waals surface area contributed by atoms with Gasteiger partial charge in [-0.3, -0.25) is 19.2 Å². The summed E-state index contributed by atoms with van der Waals surface area (Å²) in [6.45, 7) is 2.13. The van der Waals surface area contributed by atoms with Crippen molar-refractivity contribution < 1.29 is 24.0 Å². The molecule has 2 rings (SSSR count). The van der Waals surface area contributed by atoms with Crippen LogP contribution in [0.15, 0.2) is 60.7 Å². The van der Waals surface area contributed by atoms with Crippen molar-refractivity contribution in [2.75, 3.05) is 24.7 Å². The number of hydrogen-bond acceptors (Lipinski definition) is 6. The second-order valence-corrected chi connectivity index (χ2v) is 10.4. The molecule has 2 aromatic rings. The van der Waals surface area contributed by atoms with Gasteiger partial charge in [-0.2, -0.15) is 0 Å². The lowest BCUT2D eigenvalue weighted by Crippen LogP contribution is -2.48. The molecule has 3 N–H and O–H groups in total. The van der Waals surface area contributed by atoms with Crippen LogP contribution in [-0.2, 0) is 30.5 Å². The Morgan fingerprint density at radius 2 is 1.62 bits per heavy atom. The number of carbonyl (C=O) groups is 5. The summed E-state index contributed by atoms with van der Waals surface area (Å²) in [6, 6.07) is 17.8. The third kappa shape index (κ3) is 12.6. The smallest absolute Gasteiger partial charge is 0.243 e. The first kappa shape index (κ1) is 31.6. The zero-order chi connectivity index (χ0) is 28.5. The van der Waals surface area contributed by atoms with Crippen LogP contribution in [0.4, 0.5) is 5.69 Å². The van der Waals surface area contributed by atoms with Gasteiger partial charge in [0.1, 0.15) is 12.3 Å². The van der Waals surface area contributed by atoms with Crippen LogP contribution in [0.1, 0.15) is 44.6 Å². The summed E-state index contributed by atoms with van der Waals surface area (Å²) in [5, 5.41) is 7.64. The Kier molecular flexibility index (Phi) is 14.4. The monoisotopic (exact) mass is 554 g/mol. The molecule has 2 aromatic carbocycles. The highest BCUT2D eigenvalue weighted by Gasteiger charge is 2.26. The van der Waals surface area contributed by atoms with Gasteiger partial charge in [-0.15, -0.1) is 11.8 Å². The Morgan fingerprint density at radius 1 is 0.949 bits per heavy atom. The minimum Gasteiger partial charge on any atom is -0.350 e. The molecule has 0 radical (unpaired) electrons. The van der Waals surface area contributed by atoms with Crippen molar-refractivity contribution in [3.05, 3.63) is 66.2 Å². The first-order chi connectivity index (χ1) is 18.8. The van der Waals surface area contributed by atoms with Crippen molar-refractivity contribution in [2.24, 2.45) is 0 Å². The fraction of sp³-hybridized carbons (Fsp3) is 0.414. The average Bonchev–Trinajstić information content (AvgIpc) is 2.93. The molecule has 0 saturated carbocycles. The summed E-state index contributed by atoms with van der Waals surface area (Å²) in [5.41, 5.74) is 1.69. The predicted molar refractivity (Wildman–Crippen MR) is 154 cm³/mol. The average molecular weight is 555 g/mol. The maximum absolute atomic E-state index is 13.0. The van der Waals surface area contributed by atoms with E-state index in [4.69, 9.17) is 0 Å². The minimum atomic E-state index is -0.842. The van der Waals surface area contributed by atoms with Crippen molar-refractivity contribution in [1.82, 2.24) is 15.5 Å². The first-order valence-electron chi connectivity index (χ1n) is 13.0. The van der Waals surface area contributed by atoms with Crippen LogP contribution in [0.3, 0.4) is 0 Å². The molecule has 0 aromatic heterocycles. The van der Waals surface area contributed by atoms with Crippen LogP contribution in [0.2, 0.25) is 0 Å². The molecule has 0 bridgehead atoms. The molecule has 0 saturated heterocycles. The molecule has 39 heavy (non-hydrogen) atoms. The van der Waals surface area contributed by atoms with Crippen LogP contribution in [0.25, 0.3) is 0 Å². The Bertz CT molecular complexity index is 1070. The van der Waals surface area contributed by atoms with Crippen molar-refractivity contribution in [3.63, 3.8) is 0 Å². The molecule has 10 heteroatoms. The van der Waals surface area contributed by atoms with Gasteiger partial charge in [0.25, 0.3) is 0 Å². The summed E-state index contributed by atoms with van der Waals surface area (Å²) >= 11 is 1.18. The van der Waals surface area contributed by atoms with Crippen LogP contribution in [-0.4, -0.2) is 65.5 Å². The Morgan fingerprint density at radius 3 is 2.26 bits per heavy atom. The van der Waals surface area contributed by atoms with Gasteiger partial charge < -0.3 is 25.6 Å². The van der Waals surface area contributed by atoms with E-state index in [1.54, 1.807) is 11.9 Å². The molecule has 0 aliphatic heterocycles. The molecule has 0 fully saturated rings. The van der Waals surface area contributed by atoms with Gasteiger partial charge in [0.15, 0.2) is 0 Å². The van der Waals surface area contributed by atoms with Gasteiger partial charge in [0, 0.05) is 51.3 Å². The van der Waals surface area contributed by atoms with E-state index >= 15 is 0 Å². The van der Waals surface area contributed by atoms with Gasteiger partial charge in [-0.05, 0) is 30.5 Å². The number of nitrogens with zero attached hydrogens (tertiary/aromatic N) is 1. The molecule has 2 unspecified atom stereocenters. The molecule has 0 spiro atoms. The summed E-state index contributed by atoms with van der Waals surface area (Å²) in [6.07, 6.45) is 3.29. The lowest BCUT2D eigenvalue weighted by Gasteiger charge is -2.24. The third-order valence-corrected chi connectivity index (χ3v) is 7.21. The van der Waals surface area contributed by atoms with Crippen molar-refractivity contribution >= 4 is 47.4 Å². The molecule has 9 nitrogen and oxygen atoms in total. The number of anilines is 1. The summed E-state index contributed by atoms with van der Waals surface area (Å²) in [4.78, 5) is 62.4. The molecule has 4 amide bonds. The third-order valence-electron chi connectivity index (χ3n) is 5.88. The van der Waals surface area contributed by atoms with Crippen LogP contribution >= 0.6 is 11.8 Å². The van der Waals surface area contributed by atoms with E-state index in [0.717, 1.165) is 24.1 Å². The van der Waals surface area contributed by atoms with E-state index < -0.39 is 11.3 Å². The van der Waals surface area contributed by atoms with Gasteiger partial charge in [-0.1, -0.05) is 55.0 Å². The number of carbonyl (C=O) groups excluding carboxylic acids is 5. The minimum absolute atomic E-state index is 0.00588. The fourth-order valence-electron chi connectivity index (χ4n) is 3.79. The van der Waals surface area contributed by atoms with Gasteiger partial charge in [-0.25, -0.2) is 0 Å². The van der Waals surface area contributed by atoms with Crippen LogP contribution in [0, 0.1) is 0 Å². The SMILES string of the molecule is CC(=O)NC(CSC(CC=O)C(=O)N(C)CCCCCC(=O)Nc1ccccc1)C(=O)NCc1ccccc1. The molecule has 0 heterocycles. The normalized spacial score (nSPS) is 12.1.